The van der Waals surface area contributed by atoms with E-state index < -0.39 is 0 Å². The molecule has 0 spiro atoms. The number of thiophene rings is 1. The SMILES string of the molecule is CC(=O)NCc1cnc(C2CN(C(=O)Cc3ccsc3)CCO2)[nH]1. The van der Waals surface area contributed by atoms with Crippen molar-refractivity contribution in [1.29, 1.82) is 0 Å². The predicted molar refractivity (Wildman–Crippen MR) is 89.4 cm³/mol. The van der Waals surface area contributed by atoms with Crippen LogP contribution in [0.4, 0.5) is 0 Å². The first-order valence-corrected chi connectivity index (χ1v) is 8.75. The van der Waals surface area contributed by atoms with Gasteiger partial charge in [-0.3, -0.25) is 9.59 Å². The summed E-state index contributed by atoms with van der Waals surface area (Å²) in [5.74, 6) is 0.695. The Morgan fingerprint density at radius 1 is 1.54 bits per heavy atom. The number of morpholine rings is 1. The highest BCUT2D eigenvalue weighted by Gasteiger charge is 2.27. The Labute approximate surface area is 144 Å². The first-order chi connectivity index (χ1) is 11.6. The second-order valence-electron chi connectivity index (χ2n) is 5.71. The van der Waals surface area contributed by atoms with Crippen molar-refractivity contribution in [3.8, 4) is 0 Å². The highest BCUT2D eigenvalue weighted by Crippen LogP contribution is 2.20. The standard InChI is InChI=1S/C16H20N4O3S/c1-11(21)17-7-13-8-18-16(19-13)14-9-20(3-4-23-14)15(22)6-12-2-5-24-10-12/h2,5,8,10,14H,3-4,6-7,9H2,1H3,(H,17,21)(H,18,19). The Bertz CT molecular complexity index is 698. The van der Waals surface area contributed by atoms with Gasteiger partial charge in [-0.15, -0.1) is 0 Å². The summed E-state index contributed by atoms with van der Waals surface area (Å²) in [5.41, 5.74) is 1.86. The van der Waals surface area contributed by atoms with Gasteiger partial charge in [-0.1, -0.05) is 0 Å². The predicted octanol–water partition coefficient (Wildman–Crippen LogP) is 1.25. The van der Waals surface area contributed by atoms with Crippen LogP contribution in [0.1, 0.15) is 30.1 Å². The zero-order chi connectivity index (χ0) is 16.9. The third kappa shape index (κ3) is 4.21. The maximum atomic E-state index is 12.4. The number of hydrogen-bond acceptors (Lipinski definition) is 5. The normalized spacial score (nSPS) is 17.7. The summed E-state index contributed by atoms with van der Waals surface area (Å²) in [6, 6.07) is 1.97. The van der Waals surface area contributed by atoms with Crippen LogP contribution < -0.4 is 5.32 Å². The maximum absolute atomic E-state index is 12.4. The number of ether oxygens (including phenoxy) is 1. The number of rotatable bonds is 5. The molecule has 0 bridgehead atoms. The lowest BCUT2D eigenvalue weighted by molar-refractivity contribution is -0.138. The molecule has 0 radical (unpaired) electrons. The maximum Gasteiger partial charge on any atom is 0.227 e. The number of nitrogens with one attached hydrogen (secondary N) is 2. The van der Waals surface area contributed by atoms with Crippen molar-refractivity contribution >= 4 is 23.2 Å². The van der Waals surface area contributed by atoms with Crippen LogP contribution >= 0.6 is 11.3 Å². The van der Waals surface area contributed by atoms with Gasteiger partial charge in [-0.2, -0.15) is 11.3 Å². The van der Waals surface area contributed by atoms with Gasteiger partial charge in [0.05, 0.1) is 38.0 Å². The van der Waals surface area contributed by atoms with Crippen molar-refractivity contribution in [1.82, 2.24) is 20.2 Å². The number of carbonyl (C=O) groups is 2. The largest absolute Gasteiger partial charge is 0.367 e. The summed E-state index contributed by atoms with van der Waals surface area (Å²) >= 11 is 1.59. The van der Waals surface area contributed by atoms with E-state index in [-0.39, 0.29) is 17.9 Å². The molecule has 1 unspecified atom stereocenters. The molecule has 128 valence electrons. The van der Waals surface area contributed by atoms with E-state index in [0.29, 0.717) is 38.5 Å². The number of aromatic nitrogens is 2. The minimum Gasteiger partial charge on any atom is -0.367 e. The average Bonchev–Trinajstić information content (AvgIpc) is 3.24. The minimum absolute atomic E-state index is 0.0923. The van der Waals surface area contributed by atoms with E-state index in [9.17, 15) is 9.59 Å². The molecule has 1 atom stereocenters. The molecule has 3 heterocycles. The average molecular weight is 348 g/mol. The lowest BCUT2D eigenvalue weighted by Gasteiger charge is -2.32. The molecule has 0 aromatic carbocycles. The molecule has 0 saturated carbocycles. The third-order valence-electron chi connectivity index (χ3n) is 3.84. The molecule has 3 rings (SSSR count). The summed E-state index contributed by atoms with van der Waals surface area (Å²) in [6.07, 6.45) is 1.83. The van der Waals surface area contributed by atoms with Gasteiger partial charge in [0, 0.05) is 13.5 Å². The van der Waals surface area contributed by atoms with Gasteiger partial charge in [-0.25, -0.2) is 4.98 Å². The fraction of sp³-hybridized carbons (Fsp3) is 0.438. The van der Waals surface area contributed by atoms with Crippen LogP contribution in [-0.4, -0.2) is 46.4 Å². The van der Waals surface area contributed by atoms with Crippen LogP contribution in [0.15, 0.2) is 23.0 Å². The molecular weight excluding hydrogens is 328 g/mol. The molecule has 2 aromatic heterocycles. The van der Waals surface area contributed by atoms with Crippen LogP contribution in [0.5, 0.6) is 0 Å². The van der Waals surface area contributed by atoms with E-state index in [4.69, 9.17) is 4.74 Å². The molecule has 1 aliphatic heterocycles. The fourth-order valence-corrected chi connectivity index (χ4v) is 3.24. The van der Waals surface area contributed by atoms with Crippen LogP contribution in [0.25, 0.3) is 0 Å². The quantitative estimate of drug-likeness (QED) is 0.851. The van der Waals surface area contributed by atoms with Gasteiger partial charge in [0.2, 0.25) is 11.8 Å². The molecule has 2 aromatic rings. The Balaban J connectivity index is 1.58. The molecule has 1 aliphatic rings. The first-order valence-electron chi connectivity index (χ1n) is 7.80. The van der Waals surface area contributed by atoms with E-state index in [0.717, 1.165) is 11.3 Å². The molecule has 2 N–H and O–H groups in total. The topological polar surface area (TPSA) is 87.3 Å². The molecular formula is C16H20N4O3S. The number of amides is 2. The minimum atomic E-state index is -0.267. The van der Waals surface area contributed by atoms with Crippen molar-refractivity contribution in [3.05, 3.63) is 40.1 Å². The van der Waals surface area contributed by atoms with E-state index in [2.05, 4.69) is 15.3 Å². The van der Waals surface area contributed by atoms with Crippen molar-refractivity contribution in [2.45, 2.75) is 26.0 Å². The van der Waals surface area contributed by atoms with E-state index in [1.165, 1.54) is 6.92 Å². The molecule has 8 heteroatoms. The van der Waals surface area contributed by atoms with E-state index in [1.807, 2.05) is 21.7 Å². The van der Waals surface area contributed by atoms with Gasteiger partial charge < -0.3 is 19.9 Å². The molecule has 1 fully saturated rings. The Morgan fingerprint density at radius 2 is 2.42 bits per heavy atom. The number of imidazole rings is 1. The monoisotopic (exact) mass is 348 g/mol. The van der Waals surface area contributed by atoms with Crippen LogP contribution in [0.3, 0.4) is 0 Å². The Morgan fingerprint density at radius 3 is 3.17 bits per heavy atom. The summed E-state index contributed by atoms with van der Waals surface area (Å²) in [7, 11) is 0. The lowest BCUT2D eigenvalue weighted by Crippen LogP contribution is -2.43. The smallest absolute Gasteiger partial charge is 0.227 e. The van der Waals surface area contributed by atoms with Gasteiger partial charge in [0.25, 0.3) is 0 Å². The van der Waals surface area contributed by atoms with Crippen molar-refractivity contribution in [2.24, 2.45) is 0 Å². The van der Waals surface area contributed by atoms with Crippen LogP contribution in [0.2, 0.25) is 0 Å². The number of aromatic amines is 1. The van der Waals surface area contributed by atoms with Gasteiger partial charge in [0.15, 0.2) is 0 Å². The van der Waals surface area contributed by atoms with Crippen LogP contribution in [0, 0.1) is 0 Å². The second kappa shape index (κ2) is 7.59. The van der Waals surface area contributed by atoms with Gasteiger partial charge >= 0.3 is 0 Å². The second-order valence-corrected chi connectivity index (χ2v) is 6.49. The Kier molecular flexibility index (Phi) is 5.27. The third-order valence-corrected chi connectivity index (χ3v) is 4.57. The highest BCUT2D eigenvalue weighted by atomic mass is 32.1. The molecule has 2 amide bonds. The lowest BCUT2D eigenvalue weighted by atomic mass is 10.2. The number of hydrogen-bond donors (Lipinski definition) is 2. The number of carbonyl (C=O) groups excluding carboxylic acids is 2. The number of H-pyrrole nitrogens is 1. The van der Waals surface area contributed by atoms with E-state index >= 15 is 0 Å². The van der Waals surface area contributed by atoms with Gasteiger partial charge in [-0.05, 0) is 22.4 Å². The zero-order valence-electron chi connectivity index (χ0n) is 13.4. The molecule has 0 aliphatic carbocycles. The molecule has 1 saturated heterocycles. The van der Waals surface area contributed by atoms with Crippen molar-refractivity contribution in [3.63, 3.8) is 0 Å². The van der Waals surface area contributed by atoms with Crippen LogP contribution in [-0.2, 0) is 27.3 Å². The fourth-order valence-electron chi connectivity index (χ4n) is 2.57. The van der Waals surface area contributed by atoms with E-state index in [1.54, 1.807) is 17.5 Å². The first kappa shape index (κ1) is 16.7. The molecule has 24 heavy (non-hydrogen) atoms. The number of nitrogens with zero attached hydrogens (tertiary/aromatic N) is 2. The summed E-state index contributed by atoms with van der Waals surface area (Å²) in [4.78, 5) is 32.7. The zero-order valence-corrected chi connectivity index (χ0v) is 14.3. The highest BCUT2D eigenvalue weighted by molar-refractivity contribution is 7.08. The summed E-state index contributed by atoms with van der Waals surface area (Å²) in [5, 5.41) is 6.69. The molecule has 7 nitrogen and oxygen atoms in total. The summed E-state index contributed by atoms with van der Waals surface area (Å²) in [6.45, 7) is 3.44. The van der Waals surface area contributed by atoms with Crippen molar-refractivity contribution in [2.75, 3.05) is 19.7 Å². The summed E-state index contributed by atoms with van der Waals surface area (Å²) < 4.78 is 5.75. The van der Waals surface area contributed by atoms with Crippen molar-refractivity contribution < 1.29 is 14.3 Å². The Hall–Kier alpha value is -2.19. The van der Waals surface area contributed by atoms with Gasteiger partial charge in [0.1, 0.15) is 11.9 Å².